The van der Waals surface area contributed by atoms with Crippen molar-refractivity contribution in [2.75, 3.05) is 32.8 Å². The fraction of sp³-hybridized carbons (Fsp3) is 0.600. The Morgan fingerprint density at radius 3 is 2.40 bits per heavy atom. The number of rotatable bonds is 8. The lowest BCUT2D eigenvalue weighted by Crippen LogP contribution is -2.27. The number of nitrogens with zero attached hydrogens (tertiary/aromatic N) is 1. The number of hydrogen-bond donors (Lipinski definition) is 0. The highest BCUT2D eigenvalue weighted by molar-refractivity contribution is 5.25. The van der Waals surface area contributed by atoms with Crippen LogP contribution >= 0.6 is 0 Å². The lowest BCUT2D eigenvalue weighted by molar-refractivity contribution is -0.137. The number of ether oxygens (including phenoxy) is 1. The van der Waals surface area contributed by atoms with Crippen LogP contribution < -0.4 is 0 Å². The molecule has 0 aliphatic rings. The summed E-state index contributed by atoms with van der Waals surface area (Å²) in [5.74, 6) is 0. The minimum Gasteiger partial charge on any atom is -0.380 e. The largest absolute Gasteiger partial charge is 0.416 e. The summed E-state index contributed by atoms with van der Waals surface area (Å²) in [6.45, 7) is 8.05. The second-order valence-corrected chi connectivity index (χ2v) is 4.59. The number of benzene rings is 1. The summed E-state index contributed by atoms with van der Waals surface area (Å²) in [4.78, 5) is 2.24. The van der Waals surface area contributed by atoms with Crippen LogP contribution in [0.5, 0.6) is 0 Å². The van der Waals surface area contributed by atoms with Gasteiger partial charge in [0.05, 0.1) is 18.8 Å². The summed E-state index contributed by atoms with van der Waals surface area (Å²) in [5.41, 5.74) is 0.0563. The van der Waals surface area contributed by atoms with Crippen LogP contribution in [0.25, 0.3) is 0 Å². The molecule has 0 atom stereocenters. The third-order valence-corrected chi connectivity index (χ3v) is 3.24. The summed E-state index contributed by atoms with van der Waals surface area (Å²) in [7, 11) is 0. The standard InChI is InChI=1S/C15H22F3NO/c1-3-19(4-2)9-11-20-10-8-13-6-5-7-14(12-13)15(16,17)18/h5-7,12H,3-4,8-11H2,1-2H3. The molecule has 0 saturated carbocycles. The van der Waals surface area contributed by atoms with Crippen molar-refractivity contribution in [2.24, 2.45) is 0 Å². The molecule has 0 spiro atoms. The van der Waals surface area contributed by atoms with Crippen molar-refractivity contribution in [1.29, 1.82) is 0 Å². The predicted molar refractivity (Wildman–Crippen MR) is 73.8 cm³/mol. The van der Waals surface area contributed by atoms with Crippen molar-refractivity contribution in [3.05, 3.63) is 35.4 Å². The van der Waals surface area contributed by atoms with Gasteiger partial charge in [-0.15, -0.1) is 0 Å². The van der Waals surface area contributed by atoms with Crippen LogP contribution in [0.2, 0.25) is 0 Å². The highest BCUT2D eigenvalue weighted by Crippen LogP contribution is 2.29. The minimum atomic E-state index is -4.28. The zero-order valence-corrected chi connectivity index (χ0v) is 12.0. The van der Waals surface area contributed by atoms with Gasteiger partial charge in [-0.2, -0.15) is 13.2 Å². The van der Waals surface area contributed by atoms with E-state index in [0.29, 0.717) is 25.2 Å². The number of hydrogen-bond acceptors (Lipinski definition) is 2. The Labute approximate surface area is 118 Å². The van der Waals surface area contributed by atoms with Gasteiger partial charge in [-0.25, -0.2) is 0 Å². The molecule has 0 heterocycles. The maximum absolute atomic E-state index is 12.5. The molecule has 0 saturated heterocycles. The molecule has 1 rings (SSSR count). The molecular formula is C15H22F3NO. The molecule has 0 aliphatic carbocycles. The third-order valence-electron chi connectivity index (χ3n) is 3.24. The van der Waals surface area contributed by atoms with Crippen LogP contribution in [-0.2, 0) is 17.3 Å². The van der Waals surface area contributed by atoms with Gasteiger partial charge in [0.25, 0.3) is 0 Å². The minimum absolute atomic E-state index is 0.447. The first kappa shape index (κ1) is 17.0. The molecule has 114 valence electrons. The van der Waals surface area contributed by atoms with Crippen LogP contribution in [0.15, 0.2) is 24.3 Å². The zero-order valence-electron chi connectivity index (χ0n) is 12.0. The van der Waals surface area contributed by atoms with Gasteiger partial charge in [0, 0.05) is 6.54 Å². The fourth-order valence-corrected chi connectivity index (χ4v) is 1.93. The van der Waals surface area contributed by atoms with Crippen molar-refractivity contribution in [1.82, 2.24) is 4.90 Å². The van der Waals surface area contributed by atoms with E-state index < -0.39 is 11.7 Å². The number of likely N-dealkylation sites (N-methyl/N-ethyl adjacent to an activating group) is 1. The first-order valence-corrected chi connectivity index (χ1v) is 6.93. The van der Waals surface area contributed by atoms with Crippen molar-refractivity contribution in [3.8, 4) is 0 Å². The molecule has 0 aromatic heterocycles. The summed E-state index contributed by atoms with van der Waals surface area (Å²) in [5, 5.41) is 0. The summed E-state index contributed by atoms with van der Waals surface area (Å²) in [6.07, 6.45) is -3.78. The van der Waals surface area contributed by atoms with E-state index in [4.69, 9.17) is 4.74 Å². The molecule has 1 aromatic rings. The van der Waals surface area contributed by atoms with E-state index in [0.717, 1.165) is 25.7 Å². The van der Waals surface area contributed by atoms with Crippen LogP contribution in [0.3, 0.4) is 0 Å². The van der Waals surface area contributed by atoms with E-state index in [1.54, 1.807) is 6.07 Å². The van der Waals surface area contributed by atoms with E-state index in [1.165, 1.54) is 12.1 Å². The molecule has 0 fully saturated rings. The smallest absolute Gasteiger partial charge is 0.380 e. The van der Waals surface area contributed by atoms with Gasteiger partial charge in [-0.1, -0.05) is 32.0 Å². The van der Waals surface area contributed by atoms with Gasteiger partial charge < -0.3 is 9.64 Å². The van der Waals surface area contributed by atoms with E-state index in [9.17, 15) is 13.2 Å². The second kappa shape index (κ2) is 8.27. The van der Waals surface area contributed by atoms with Crippen LogP contribution in [-0.4, -0.2) is 37.7 Å². The maximum atomic E-state index is 12.5. The summed E-state index contributed by atoms with van der Waals surface area (Å²) in [6, 6.07) is 5.41. The number of alkyl halides is 3. The third kappa shape index (κ3) is 5.92. The van der Waals surface area contributed by atoms with Crippen molar-refractivity contribution in [3.63, 3.8) is 0 Å². The lowest BCUT2D eigenvalue weighted by Gasteiger charge is -2.17. The first-order valence-electron chi connectivity index (χ1n) is 6.93. The monoisotopic (exact) mass is 289 g/mol. The predicted octanol–water partition coefficient (Wildman–Crippen LogP) is 3.61. The van der Waals surface area contributed by atoms with Gasteiger partial charge in [-0.05, 0) is 31.1 Å². The zero-order chi connectivity index (χ0) is 15.0. The Morgan fingerprint density at radius 1 is 1.10 bits per heavy atom. The van der Waals surface area contributed by atoms with Crippen LogP contribution in [0.4, 0.5) is 13.2 Å². The fourth-order valence-electron chi connectivity index (χ4n) is 1.93. The van der Waals surface area contributed by atoms with Crippen LogP contribution in [0, 0.1) is 0 Å². The molecule has 0 unspecified atom stereocenters. The molecule has 0 aliphatic heterocycles. The second-order valence-electron chi connectivity index (χ2n) is 4.59. The molecule has 1 aromatic carbocycles. The molecular weight excluding hydrogens is 267 g/mol. The highest BCUT2D eigenvalue weighted by Gasteiger charge is 2.30. The Morgan fingerprint density at radius 2 is 1.80 bits per heavy atom. The average molecular weight is 289 g/mol. The van der Waals surface area contributed by atoms with Gasteiger partial charge in [0.1, 0.15) is 0 Å². The van der Waals surface area contributed by atoms with Gasteiger partial charge in [0.2, 0.25) is 0 Å². The van der Waals surface area contributed by atoms with Crippen LogP contribution in [0.1, 0.15) is 25.0 Å². The van der Waals surface area contributed by atoms with Gasteiger partial charge in [0.15, 0.2) is 0 Å². The summed E-state index contributed by atoms with van der Waals surface area (Å²) >= 11 is 0. The maximum Gasteiger partial charge on any atom is 0.416 e. The average Bonchev–Trinajstić information content (AvgIpc) is 2.42. The Kier molecular flexibility index (Phi) is 7.02. The first-order chi connectivity index (χ1) is 9.47. The molecule has 0 radical (unpaired) electrons. The quantitative estimate of drug-likeness (QED) is 0.678. The van der Waals surface area contributed by atoms with Crippen molar-refractivity contribution < 1.29 is 17.9 Å². The normalized spacial score (nSPS) is 12.1. The van der Waals surface area contributed by atoms with Gasteiger partial charge in [-0.3, -0.25) is 0 Å². The Balaban J connectivity index is 2.32. The highest BCUT2D eigenvalue weighted by atomic mass is 19.4. The molecule has 2 nitrogen and oxygen atoms in total. The Hall–Kier alpha value is -1.07. The molecule has 0 bridgehead atoms. The van der Waals surface area contributed by atoms with E-state index >= 15 is 0 Å². The molecule has 0 N–H and O–H groups in total. The molecule has 0 amide bonds. The van der Waals surface area contributed by atoms with Gasteiger partial charge >= 0.3 is 6.18 Å². The molecule has 5 heteroatoms. The number of halogens is 3. The SMILES string of the molecule is CCN(CC)CCOCCc1cccc(C(F)(F)F)c1. The molecule has 20 heavy (non-hydrogen) atoms. The van der Waals surface area contributed by atoms with E-state index in [-0.39, 0.29) is 0 Å². The van der Waals surface area contributed by atoms with Crippen molar-refractivity contribution in [2.45, 2.75) is 26.4 Å². The summed E-state index contributed by atoms with van der Waals surface area (Å²) < 4.78 is 43.1. The van der Waals surface area contributed by atoms with E-state index in [1.807, 2.05) is 0 Å². The lowest BCUT2D eigenvalue weighted by atomic mass is 10.1. The van der Waals surface area contributed by atoms with Crippen molar-refractivity contribution >= 4 is 0 Å². The topological polar surface area (TPSA) is 12.5 Å². The van der Waals surface area contributed by atoms with E-state index in [2.05, 4.69) is 18.7 Å². The Bertz CT molecular complexity index is 389.